The molecule has 212 valence electrons. The second kappa shape index (κ2) is 13.7. The molecule has 1 unspecified atom stereocenters. The quantitative estimate of drug-likeness (QED) is 0.339. The molecule has 3 fully saturated rings. The Labute approximate surface area is 229 Å². The number of carbonyl (C=O) groups is 2. The van der Waals surface area contributed by atoms with Gasteiger partial charge in [0, 0.05) is 25.7 Å². The molecule has 2 N–H and O–H groups in total. The number of benzene rings is 1. The van der Waals surface area contributed by atoms with Gasteiger partial charge in [-0.05, 0) is 108 Å². The molecule has 4 rings (SSSR count). The molecule has 0 aliphatic heterocycles. The first-order chi connectivity index (χ1) is 18.2. The van der Waals surface area contributed by atoms with Crippen LogP contribution in [0.2, 0.25) is 0 Å². The first-order valence-electron chi connectivity index (χ1n) is 14.9. The third kappa shape index (κ3) is 9.18. The van der Waals surface area contributed by atoms with Gasteiger partial charge in [0.15, 0.2) is 0 Å². The minimum atomic E-state index is -0.491. The topological polar surface area (TPSA) is 79.9 Å². The number of rotatable bonds is 11. The summed E-state index contributed by atoms with van der Waals surface area (Å²) in [5, 5.41) is 6.72. The molecule has 0 spiro atoms. The Hall–Kier alpha value is -2.28. The van der Waals surface area contributed by atoms with E-state index >= 15 is 0 Å². The average molecular weight is 528 g/mol. The summed E-state index contributed by atoms with van der Waals surface area (Å²) in [4.78, 5) is 27.1. The van der Waals surface area contributed by atoms with E-state index in [0.29, 0.717) is 24.4 Å². The summed E-state index contributed by atoms with van der Waals surface area (Å²) < 4.78 is 11.1. The lowest BCUT2D eigenvalue weighted by molar-refractivity contribution is 0.0199. The maximum atomic E-state index is 13.0. The molecule has 1 aromatic carbocycles. The fraction of sp³-hybridized carbons (Fsp3) is 0.742. The predicted octanol–water partition coefficient (Wildman–Crippen LogP) is 6.12. The molecule has 0 saturated heterocycles. The Morgan fingerprint density at radius 1 is 0.974 bits per heavy atom. The molecule has 3 aliphatic carbocycles. The van der Waals surface area contributed by atoms with Gasteiger partial charge in [0.1, 0.15) is 12.2 Å². The van der Waals surface area contributed by atoms with E-state index in [0.717, 1.165) is 69.1 Å². The molecule has 2 amide bonds. The largest absolute Gasteiger partial charge is 0.445 e. The molecule has 3 atom stereocenters. The zero-order valence-corrected chi connectivity index (χ0v) is 23.8. The minimum absolute atomic E-state index is 0.192. The molecule has 7 heteroatoms. The molecule has 0 heterocycles. The lowest BCUT2D eigenvalue weighted by Gasteiger charge is -2.34. The summed E-state index contributed by atoms with van der Waals surface area (Å²) >= 11 is 0. The summed E-state index contributed by atoms with van der Waals surface area (Å²) in [6, 6.07) is 10.4. The average Bonchev–Trinajstić information content (AvgIpc) is 3.52. The van der Waals surface area contributed by atoms with Crippen LogP contribution in [0.25, 0.3) is 0 Å². The maximum Gasteiger partial charge on any atom is 0.410 e. The van der Waals surface area contributed by atoms with Crippen LogP contribution in [0.1, 0.15) is 84.1 Å². The Balaban J connectivity index is 1.15. The lowest BCUT2D eigenvalue weighted by Crippen LogP contribution is -2.42. The van der Waals surface area contributed by atoms with Gasteiger partial charge in [-0.1, -0.05) is 36.8 Å². The van der Waals surface area contributed by atoms with Crippen molar-refractivity contribution in [2.75, 3.05) is 26.2 Å². The van der Waals surface area contributed by atoms with E-state index in [1.54, 1.807) is 0 Å². The second-order valence-corrected chi connectivity index (χ2v) is 12.8. The number of carbonyl (C=O) groups excluding carboxylic acids is 2. The SMILES string of the molecule is CC(C)(C)OC(=O)N(CCCNC1C[C@@H]2CC[C@H]1C2)C[C@H]1CC[C@H](CNC(=O)OCc2ccccc2)CC1. The van der Waals surface area contributed by atoms with Crippen LogP contribution in [0.15, 0.2) is 30.3 Å². The first kappa shape index (κ1) is 28.7. The molecule has 2 bridgehead atoms. The highest BCUT2D eigenvalue weighted by Gasteiger charge is 2.39. The van der Waals surface area contributed by atoms with Crippen LogP contribution >= 0.6 is 0 Å². The summed E-state index contributed by atoms with van der Waals surface area (Å²) in [6.07, 6.45) is 10.2. The molecule has 0 aromatic heterocycles. The van der Waals surface area contributed by atoms with E-state index in [4.69, 9.17) is 9.47 Å². The zero-order valence-electron chi connectivity index (χ0n) is 23.8. The highest BCUT2D eigenvalue weighted by molar-refractivity contribution is 5.68. The fourth-order valence-electron chi connectivity index (χ4n) is 6.57. The molecule has 7 nitrogen and oxygen atoms in total. The van der Waals surface area contributed by atoms with Crippen molar-refractivity contribution in [3.63, 3.8) is 0 Å². The Bertz CT molecular complexity index is 879. The molecular formula is C31H49N3O4. The van der Waals surface area contributed by atoms with E-state index < -0.39 is 5.60 Å². The molecule has 3 saturated carbocycles. The molecule has 1 aromatic rings. The van der Waals surface area contributed by atoms with E-state index in [1.807, 2.05) is 56.0 Å². The number of nitrogens with zero attached hydrogens (tertiary/aromatic N) is 1. The van der Waals surface area contributed by atoms with Crippen molar-refractivity contribution in [1.29, 1.82) is 0 Å². The van der Waals surface area contributed by atoms with Crippen molar-refractivity contribution in [3.8, 4) is 0 Å². The van der Waals surface area contributed by atoms with Gasteiger partial charge in [0.2, 0.25) is 0 Å². The third-order valence-corrected chi connectivity index (χ3v) is 8.59. The normalized spacial score (nSPS) is 26.7. The van der Waals surface area contributed by atoms with Gasteiger partial charge in [-0.25, -0.2) is 9.59 Å². The standard InChI is InChI=1S/C31H49N3O4/c1-31(2,3)38-30(36)34(17-7-16-32-28-19-26-14-15-27(28)18-26)21-24-12-10-23(11-13-24)20-33-29(35)37-22-25-8-5-4-6-9-25/h4-6,8-9,23-24,26-28,32H,7,10-22H2,1-3H3,(H,33,35)/t23-,24-,26-,27+,28?/m1/s1. The van der Waals surface area contributed by atoms with Crippen molar-refractivity contribution in [3.05, 3.63) is 35.9 Å². The van der Waals surface area contributed by atoms with Gasteiger partial charge in [0.25, 0.3) is 0 Å². The molecule has 38 heavy (non-hydrogen) atoms. The summed E-state index contributed by atoms with van der Waals surface area (Å²) in [6.45, 7) is 9.18. The minimum Gasteiger partial charge on any atom is -0.445 e. The van der Waals surface area contributed by atoms with E-state index in [9.17, 15) is 9.59 Å². The first-order valence-corrected chi connectivity index (χ1v) is 14.9. The van der Waals surface area contributed by atoms with Gasteiger partial charge >= 0.3 is 12.2 Å². The van der Waals surface area contributed by atoms with Gasteiger partial charge in [-0.15, -0.1) is 0 Å². The maximum absolute atomic E-state index is 13.0. The van der Waals surface area contributed by atoms with Crippen LogP contribution in [-0.4, -0.2) is 54.9 Å². The second-order valence-electron chi connectivity index (χ2n) is 12.8. The number of alkyl carbamates (subject to hydrolysis) is 1. The van der Waals surface area contributed by atoms with E-state index in [1.165, 1.54) is 25.7 Å². The Morgan fingerprint density at radius 2 is 1.71 bits per heavy atom. The van der Waals surface area contributed by atoms with Crippen LogP contribution in [-0.2, 0) is 16.1 Å². The van der Waals surface area contributed by atoms with Crippen molar-refractivity contribution >= 4 is 12.2 Å². The van der Waals surface area contributed by atoms with Gasteiger partial charge in [-0.3, -0.25) is 0 Å². The summed E-state index contributed by atoms with van der Waals surface area (Å²) in [5.74, 6) is 2.75. The van der Waals surface area contributed by atoms with Crippen LogP contribution in [0, 0.1) is 23.7 Å². The van der Waals surface area contributed by atoms with Crippen LogP contribution < -0.4 is 10.6 Å². The number of hydrogen-bond donors (Lipinski definition) is 2. The highest BCUT2D eigenvalue weighted by atomic mass is 16.6. The van der Waals surface area contributed by atoms with Crippen LogP contribution in [0.3, 0.4) is 0 Å². The van der Waals surface area contributed by atoms with Crippen molar-refractivity contribution < 1.29 is 19.1 Å². The summed E-state index contributed by atoms with van der Waals surface area (Å²) in [7, 11) is 0. The highest BCUT2D eigenvalue weighted by Crippen LogP contribution is 2.44. The van der Waals surface area contributed by atoms with Crippen molar-refractivity contribution in [2.24, 2.45) is 23.7 Å². The molecule has 0 radical (unpaired) electrons. The zero-order chi connectivity index (χ0) is 27.0. The van der Waals surface area contributed by atoms with Gasteiger partial charge in [0.05, 0.1) is 0 Å². The monoisotopic (exact) mass is 527 g/mol. The van der Waals surface area contributed by atoms with Crippen LogP contribution in [0.5, 0.6) is 0 Å². The van der Waals surface area contributed by atoms with E-state index in [-0.39, 0.29) is 18.8 Å². The van der Waals surface area contributed by atoms with E-state index in [2.05, 4.69) is 10.6 Å². The lowest BCUT2D eigenvalue weighted by atomic mass is 9.81. The molecular weight excluding hydrogens is 478 g/mol. The Morgan fingerprint density at radius 3 is 2.37 bits per heavy atom. The number of hydrogen-bond acceptors (Lipinski definition) is 5. The fourth-order valence-corrected chi connectivity index (χ4v) is 6.57. The van der Waals surface area contributed by atoms with Crippen molar-refractivity contribution in [1.82, 2.24) is 15.5 Å². The Kier molecular flexibility index (Phi) is 10.3. The number of nitrogens with one attached hydrogen (secondary N) is 2. The smallest absolute Gasteiger partial charge is 0.410 e. The third-order valence-electron chi connectivity index (χ3n) is 8.59. The van der Waals surface area contributed by atoms with Crippen LogP contribution in [0.4, 0.5) is 9.59 Å². The number of fused-ring (bicyclic) bond motifs is 2. The number of amides is 2. The van der Waals surface area contributed by atoms with Crippen molar-refractivity contribution in [2.45, 2.75) is 96.8 Å². The molecule has 3 aliphatic rings. The van der Waals surface area contributed by atoms with Gasteiger partial charge < -0.3 is 25.0 Å². The predicted molar refractivity (Wildman–Crippen MR) is 150 cm³/mol. The number of ether oxygens (including phenoxy) is 2. The van der Waals surface area contributed by atoms with Gasteiger partial charge in [-0.2, -0.15) is 0 Å². The summed E-state index contributed by atoms with van der Waals surface area (Å²) in [5.41, 5.74) is 0.494.